The van der Waals surface area contributed by atoms with Gasteiger partial charge in [-0.3, -0.25) is 15.1 Å². The summed E-state index contributed by atoms with van der Waals surface area (Å²) in [6.07, 6.45) is 1.14. The molecule has 0 N–H and O–H groups in total. The minimum Gasteiger partial charge on any atom is -0.474 e. The van der Waals surface area contributed by atoms with Crippen molar-refractivity contribution in [3.63, 3.8) is 0 Å². The molecule has 0 spiro atoms. The molecule has 2 aliphatic heterocycles. The van der Waals surface area contributed by atoms with Crippen LogP contribution >= 0.6 is 0 Å². The Balaban J connectivity index is 1.48. The molecule has 2 aromatic carbocycles. The van der Waals surface area contributed by atoms with Gasteiger partial charge < -0.3 is 4.74 Å². The molecule has 152 valence electrons. The molecule has 9 heteroatoms. The van der Waals surface area contributed by atoms with Gasteiger partial charge >= 0.3 is 0 Å². The number of non-ortho nitro benzene ring substituents is 1. The molecule has 0 saturated carbocycles. The Labute approximate surface area is 169 Å². The van der Waals surface area contributed by atoms with Gasteiger partial charge in [-0.25, -0.2) is 8.42 Å². The van der Waals surface area contributed by atoms with Gasteiger partial charge in [0.2, 0.25) is 15.9 Å². The van der Waals surface area contributed by atoms with E-state index in [1.807, 2.05) is 30.3 Å². The van der Waals surface area contributed by atoms with E-state index in [0.717, 1.165) is 5.56 Å². The molecule has 0 aliphatic carbocycles. The van der Waals surface area contributed by atoms with Gasteiger partial charge in [-0.05, 0) is 37.1 Å². The normalized spacial score (nSPS) is 22.7. The highest BCUT2D eigenvalue weighted by molar-refractivity contribution is 7.89. The van der Waals surface area contributed by atoms with E-state index in [-0.39, 0.29) is 22.6 Å². The van der Waals surface area contributed by atoms with Crippen molar-refractivity contribution in [1.29, 1.82) is 0 Å². The molecule has 0 bridgehead atoms. The second-order valence-corrected chi connectivity index (χ2v) is 9.10. The number of nitrogens with zero attached hydrogens (tertiary/aromatic N) is 3. The van der Waals surface area contributed by atoms with Crippen LogP contribution in [0.3, 0.4) is 0 Å². The van der Waals surface area contributed by atoms with Crippen molar-refractivity contribution < 1.29 is 18.1 Å². The number of nitro groups is 1. The summed E-state index contributed by atoms with van der Waals surface area (Å²) in [5.41, 5.74) is 0.787. The van der Waals surface area contributed by atoms with E-state index < -0.39 is 14.9 Å². The first kappa shape index (κ1) is 19.5. The first-order valence-corrected chi connectivity index (χ1v) is 10.9. The van der Waals surface area contributed by atoms with Crippen LogP contribution in [0.1, 0.15) is 18.4 Å². The van der Waals surface area contributed by atoms with E-state index in [2.05, 4.69) is 4.99 Å². The van der Waals surface area contributed by atoms with Crippen LogP contribution in [0.4, 0.5) is 5.69 Å². The zero-order valence-corrected chi connectivity index (χ0v) is 16.5. The average molecular weight is 415 g/mol. The van der Waals surface area contributed by atoms with Crippen molar-refractivity contribution in [3.05, 3.63) is 70.3 Å². The number of hydrogen-bond donors (Lipinski definition) is 0. The van der Waals surface area contributed by atoms with Crippen LogP contribution in [-0.2, 0) is 14.8 Å². The number of aliphatic imine (C=N–C) groups is 1. The van der Waals surface area contributed by atoms with Crippen molar-refractivity contribution in [2.45, 2.75) is 23.8 Å². The molecule has 4 rings (SSSR count). The molecule has 29 heavy (non-hydrogen) atoms. The van der Waals surface area contributed by atoms with Crippen LogP contribution in [0.25, 0.3) is 0 Å². The van der Waals surface area contributed by atoms with Gasteiger partial charge in [0.05, 0.1) is 9.82 Å². The van der Waals surface area contributed by atoms with Crippen LogP contribution in [0.2, 0.25) is 0 Å². The minimum atomic E-state index is -3.72. The lowest BCUT2D eigenvalue weighted by Gasteiger charge is -2.29. The second-order valence-electron chi connectivity index (χ2n) is 7.16. The maximum absolute atomic E-state index is 13.0. The lowest BCUT2D eigenvalue weighted by Crippen LogP contribution is -2.34. The summed E-state index contributed by atoms with van der Waals surface area (Å²) in [5, 5.41) is 10.8. The Kier molecular flexibility index (Phi) is 5.33. The number of hydrogen-bond acceptors (Lipinski definition) is 6. The van der Waals surface area contributed by atoms with Crippen LogP contribution in [0.15, 0.2) is 64.5 Å². The van der Waals surface area contributed by atoms with Gasteiger partial charge in [0.1, 0.15) is 6.10 Å². The zero-order valence-electron chi connectivity index (χ0n) is 15.7. The Morgan fingerprint density at radius 1 is 1.03 bits per heavy atom. The number of rotatable bonds is 4. The molecule has 0 aromatic heterocycles. The highest BCUT2D eigenvalue weighted by atomic mass is 32.2. The van der Waals surface area contributed by atoms with Crippen molar-refractivity contribution in [3.8, 4) is 0 Å². The van der Waals surface area contributed by atoms with Crippen LogP contribution < -0.4 is 0 Å². The number of nitro benzene ring substituents is 1. The fourth-order valence-corrected chi connectivity index (χ4v) is 5.20. The van der Waals surface area contributed by atoms with Gasteiger partial charge in [-0.1, -0.05) is 18.2 Å². The zero-order chi connectivity index (χ0) is 20.4. The summed E-state index contributed by atoms with van der Waals surface area (Å²) in [7, 11) is -3.72. The SMILES string of the molecule is O=[N+]([O-])c1ccc(S(=O)(=O)N2CC[C@@H]3CN=C(c4ccccc4)O[C@@H]3CC2)cc1. The first-order valence-electron chi connectivity index (χ1n) is 9.46. The quantitative estimate of drug-likeness (QED) is 0.564. The molecular formula is C20H21N3O5S. The van der Waals surface area contributed by atoms with Gasteiger partial charge in [0.25, 0.3) is 5.69 Å². The summed E-state index contributed by atoms with van der Waals surface area (Å²) < 4.78 is 33.6. The summed E-state index contributed by atoms with van der Waals surface area (Å²) in [6.45, 7) is 1.32. The lowest BCUT2D eigenvalue weighted by atomic mass is 9.96. The summed E-state index contributed by atoms with van der Waals surface area (Å²) in [6, 6.07) is 14.7. The monoisotopic (exact) mass is 415 g/mol. The fourth-order valence-electron chi connectivity index (χ4n) is 3.73. The molecule has 2 atom stereocenters. The molecule has 0 amide bonds. The molecule has 2 aromatic rings. The van der Waals surface area contributed by atoms with Crippen molar-refractivity contribution >= 4 is 21.6 Å². The highest BCUT2D eigenvalue weighted by Gasteiger charge is 2.35. The molecular weight excluding hydrogens is 394 g/mol. The molecule has 8 nitrogen and oxygen atoms in total. The Bertz CT molecular complexity index is 1020. The highest BCUT2D eigenvalue weighted by Crippen LogP contribution is 2.29. The largest absolute Gasteiger partial charge is 0.474 e. The van der Waals surface area contributed by atoms with E-state index in [1.165, 1.54) is 28.6 Å². The maximum atomic E-state index is 13.0. The van der Waals surface area contributed by atoms with Crippen LogP contribution in [-0.4, -0.2) is 49.3 Å². The number of fused-ring (bicyclic) bond motifs is 1. The maximum Gasteiger partial charge on any atom is 0.269 e. The molecule has 1 fully saturated rings. The molecule has 1 saturated heterocycles. The summed E-state index contributed by atoms with van der Waals surface area (Å²) >= 11 is 0. The van der Waals surface area contributed by atoms with Crippen molar-refractivity contribution in [2.75, 3.05) is 19.6 Å². The van der Waals surface area contributed by atoms with E-state index in [1.54, 1.807) is 0 Å². The fraction of sp³-hybridized carbons (Fsp3) is 0.350. The smallest absolute Gasteiger partial charge is 0.269 e. The van der Waals surface area contributed by atoms with E-state index in [9.17, 15) is 18.5 Å². The molecule has 0 radical (unpaired) electrons. The third-order valence-corrected chi connectivity index (χ3v) is 7.29. The van der Waals surface area contributed by atoms with Gasteiger partial charge in [-0.2, -0.15) is 4.31 Å². The summed E-state index contributed by atoms with van der Waals surface area (Å²) in [5.74, 6) is 0.776. The average Bonchev–Trinajstić information content (AvgIpc) is 2.97. The predicted molar refractivity (Wildman–Crippen MR) is 107 cm³/mol. The van der Waals surface area contributed by atoms with Crippen molar-refractivity contribution in [2.24, 2.45) is 10.9 Å². The third-order valence-electron chi connectivity index (χ3n) is 5.38. The molecule has 2 aliphatic rings. The van der Waals surface area contributed by atoms with E-state index in [4.69, 9.17) is 4.74 Å². The third kappa shape index (κ3) is 4.01. The van der Waals surface area contributed by atoms with Gasteiger partial charge in [-0.15, -0.1) is 0 Å². The lowest BCUT2D eigenvalue weighted by molar-refractivity contribution is -0.384. The Hall–Kier alpha value is -2.78. The predicted octanol–water partition coefficient (Wildman–Crippen LogP) is 2.84. The summed E-state index contributed by atoms with van der Waals surface area (Å²) in [4.78, 5) is 14.9. The number of benzene rings is 2. The second kappa shape index (κ2) is 7.92. The standard InChI is InChI=1S/C20H21N3O5S/c24-23(25)17-6-8-18(9-7-17)29(26,27)22-12-10-16-14-21-20(28-19(16)11-13-22)15-4-2-1-3-5-15/h1-9,16,19H,10-14H2/t16-,19-/m1/s1. The topological polar surface area (TPSA) is 102 Å². The van der Waals surface area contributed by atoms with E-state index >= 15 is 0 Å². The van der Waals surface area contributed by atoms with Crippen LogP contribution in [0, 0.1) is 16.0 Å². The van der Waals surface area contributed by atoms with Gasteiger partial charge in [0.15, 0.2) is 0 Å². The Morgan fingerprint density at radius 3 is 2.41 bits per heavy atom. The Morgan fingerprint density at radius 2 is 1.72 bits per heavy atom. The first-order chi connectivity index (χ1) is 13.9. The van der Waals surface area contributed by atoms with Crippen molar-refractivity contribution in [1.82, 2.24) is 4.31 Å². The van der Waals surface area contributed by atoms with Gasteiger partial charge in [0, 0.05) is 43.2 Å². The van der Waals surface area contributed by atoms with Crippen LogP contribution in [0.5, 0.6) is 0 Å². The number of ether oxygens (including phenoxy) is 1. The molecule has 2 heterocycles. The number of sulfonamides is 1. The minimum absolute atomic E-state index is 0.0649. The molecule has 0 unspecified atom stereocenters. The van der Waals surface area contributed by atoms with E-state index in [0.29, 0.717) is 38.4 Å².